The Morgan fingerprint density at radius 3 is 1.85 bits per heavy atom. The molecule has 0 aliphatic carbocycles. The largest absolute Gasteiger partial charge is 0.392 e. The molecular formula is C15H29N3OS. The average Bonchev–Trinajstić information content (AvgIpc) is 2.39. The van der Waals surface area contributed by atoms with E-state index in [0.29, 0.717) is 17.8 Å². The second-order valence-corrected chi connectivity index (χ2v) is 7.04. The molecule has 1 aliphatic rings. The first-order chi connectivity index (χ1) is 9.19. The normalized spacial score (nSPS) is 18.1. The van der Waals surface area contributed by atoms with Crippen LogP contribution in [-0.4, -0.2) is 52.4 Å². The summed E-state index contributed by atoms with van der Waals surface area (Å²) in [7, 11) is 0. The molecule has 116 valence electrons. The molecular weight excluding hydrogens is 270 g/mol. The summed E-state index contributed by atoms with van der Waals surface area (Å²) in [5.41, 5.74) is 5.37. The SMILES string of the molecule is CCC(CC)(C(=O)N1CCN(C(C)(C)C)CC1)C(N)=S. The zero-order chi connectivity index (χ0) is 15.6. The Balaban J connectivity index is 2.78. The van der Waals surface area contributed by atoms with Crippen LogP contribution in [0.3, 0.4) is 0 Å². The molecule has 0 spiro atoms. The van der Waals surface area contributed by atoms with Crippen LogP contribution in [0, 0.1) is 5.41 Å². The van der Waals surface area contributed by atoms with Gasteiger partial charge in [-0.15, -0.1) is 0 Å². The summed E-state index contributed by atoms with van der Waals surface area (Å²) in [5.74, 6) is 0.114. The quantitative estimate of drug-likeness (QED) is 0.807. The van der Waals surface area contributed by atoms with Gasteiger partial charge in [-0.1, -0.05) is 26.1 Å². The van der Waals surface area contributed by atoms with E-state index in [1.165, 1.54) is 0 Å². The zero-order valence-electron chi connectivity index (χ0n) is 13.5. The van der Waals surface area contributed by atoms with Gasteiger partial charge in [0.15, 0.2) is 0 Å². The van der Waals surface area contributed by atoms with Crippen molar-refractivity contribution in [1.82, 2.24) is 9.80 Å². The number of hydrogen-bond acceptors (Lipinski definition) is 3. The van der Waals surface area contributed by atoms with Gasteiger partial charge in [0.25, 0.3) is 0 Å². The highest BCUT2D eigenvalue weighted by Crippen LogP contribution is 2.30. The third-order valence-electron chi connectivity index (χ3n) is 4.60. The van der Waals surface area contributed by atoms with E-state index in [4.69, 9.17) is 18.0 Å². The molecule has 0 bridgehead atoms. The predicted molar refractivity (Wildman–Crippen MR) is 87.7 cm³/mol. The van der Waals surface area contributed by atoms with Crippen LogP contribution in [-0.2, 0) is 4.79 Å². The third kappa shape index (κ3) is 3.31. The lowest BCUT2D eigenvalue weighted by Gasteiger charge is -2.44. The van der Waals surface area contributed by atoms with Crippen molar-refractivity contribution in [3.05, 3.63) is 0 Å². The number of amides is 1. The van der Waals surface area contributed by atoms with Crippen LogP contribution < -0.4 is 5.73 Å². The summed E-state index contributed by atoms with van der Waals surface area (Å²) in [5, 5.41) is 0. The highest BCUT2D eigenvalue weighted by atomic mass is 32.1. The molecule has 1 heterocycles. The molecule has 1 amide bonds. The maximum absolute atomic E-state index is 12.8. The van der Waals surface area contributed by atoms with Crippen LogP contribution in [0.1, 0.15) is 47.5 Å². The summed E-state index contributed by atoms with van der Waals surface area (Å²) >= 11 is 5.18. The van der Waals surface area contributed by atoms with Gasteiger partial charge in [0.05, 0.1) is 10.4 Å². The van der Waals surface area contributed by atoms with Gasteiger partial charge in [-0.2, -0.15) is 0 Å². The van der Waals surface area contributed by atoms with Crippen LogP contribution in [0.15, 0.2) is 0 Å². The molecule has 0 aromatic rings. The number of carbonyl (C=O) groups excluding carboxylic acids is 1. The molecule has 1 saturated heterocycles. The van der Waals surface area contributed by atoms with Crippen molar-refractivity contribution < 1.29 is 4.79 Å². The lowest BCUT2D eigenvalue weighted by molar-refractivity contribution is -0.141. The van der Waals surface area contributed by atoms with Gasteiger partial charge in [-0.05, 0) is 33.6 Å². The van der Waals surface area contributed by atoms with E-state index >= 15 is 0 Å². The maximum atomic E-state index is 12.8. The summed E-state index contributed by atoms with van der Waals surface area (Å²) in [6.45, 7) is 14.0. The standard InChI is InChI=1S/C15H29N3OS/c1-6-15(7-2,12(16)20)13(19)17-8-10-18(11-9-17)14(3,4)5/h6-11H2,1-5H3,(H2,16,20). The number of nitrogens with two attached hydrogens (primary N) is 1. The van der Waals surface area contributed by atoms with Crippen molar-refractivity contribution in [2.24, 2.45) is 11.1 Å². The maximum Gasteiger partial charge on any atom is 0.235 e. The van der Waals surface area contributed by atoms with E-state index in [1.807, 2.05) is 18.7 Å². The van der Waals surface area contributed by atoms with E-state index in [2.05, 4.69) is 25.7 Å². The van der Waals surface area contributed by atoms with Crippen LogP contribution in [0.2, 0.25) is 0 Å². The van der Waals surface area contributed by atoms with Gasteiger partial charge in [0.2, 0.25) is 5.91 Å². The minimum atomic E-state index is -0.654. The lowest BCUT2D eigenvalue weighted by Crippen LogP contribution is -2.58. The third-order valence-corrected chi connectivity index (χ3v) is 4.99. The van der Waals surface area contributed by atoms with E-state index < -0.39 is 5.41 Å². The zero-order valence-corrected chi connectivity index (χ0v) is 14.3. The fourth-order valence-corrected chi connectivity index (χ4v) is 3.27. The minimum Gasteiger partial charge on any atom is -0.392 e. The second-order valence-electron chi connectivity index (χ2n) is 6.60. The molecule has 1 fully saturated rings. The summed E-state index contributed by atoms with van der Waals surface area (Å²) in [4.78, 5) is 17.5. The number of nitrogens with zero attached hydrogens (tertiary/aromatic N) is 2. The fourth-order valence-electron chi connectivity index (χ4n) is 2.89. The molecule has 2 N–H and O–H groups in total. The van der Waals surface area contributed by atoms with Gasteiger partial charge >= 0.3 is 0 Å². The fraction of sp³-hybridized carbons (Fsp3) is 0.867. The molecule has 20 heavy (non-hydrogen) atoms. The smallest absolute Gasteiger partial charge is 0.235 e. The Morgan fingerprint density at radius 1 is 1.10 bits per heavy atom. The van der Waals surface area contributed by atoms with Crippen LogP contribution in [0.5, 0.6) is 0 Å². The number of hydrogen-bond donors (Lipinski definition) is 1. The second kappa shape index (κ2) is 6.39. The molecule has 1 rings (SSSR count). The van der Waals surface area contributed by atoms with Crippen molar-refractivity contribution >= 4 is 23.1 Å². The van der Waals surface area contributed by atoms with Crippen molar-refractivity contribution in [3.63, 3.8) is 0 Å². The van der Waals surface area contributed by atoms with E-state index in [1.54, 1.807) is 0 Å². The number of piperazine rings is 1. The highest BCUT2D eigenvalue weighted by Gasteiger charge is 2.42. The van der Waals surface area contributed by atoms with Gasteiger partial charge in [-0.3, -0.25) is 9.69 Å². The number of thiocarbonyl (C=S) groups is 1. The van der Waals surface area contributed by atoms with Crippen molar-refractivity contribution in [3.8, 4) is 0 Å². The van der Waals surface area contributed by atoms with Crippen molar-refractivity contribution in [2.75, 3.05) is 26.2 Å². The number of carbonyl (C=O) groups is 1. The Bertz CT molecular complexity index is 364. The van der Waals surface area contributed by atoms with Gasteiger partial charge in [0.1, 0.15) is 0 Å². The molecule has 0 unspecified atom stereocenters. The molecule has 0 radical (unpaired) electrons. The molecule has 0 saturated carbocycles. The Hall–Kier alpha value is -0.680. The van der Waals surface area contributed by atoms with E-state index in [9.17, 15) is 4.79 Å². The van der Waals surface area contributed by atoms with E-state index in [0.717, 1.165) is 26.2 Å². The predicted octanol–water partition coefficient (Wildman–Crippen LogP) is 2.02. The summed E-state index contributed by atoms with van der Waals surface area (Å²) < 4.78 is 0. The molecule has 0 aromatic carbocycles. The topological polar surface area (TPSA) is 49.6 Å². The molecule has 5 heteroatoms. The van der Waals surface area contributed by atoms with Gasteiger partial charge < -0.3 is 10.6 Å². The first-order valence-corrected chi connectivity index (χ1v) is 7.94. The van der Waals surface area contributed by atoms with Crippen LogP contribution in [0.4, 0.5) is 0 Å². The summed E-state index contributed by atoms with van der Waals surface area (Å²) in [6, 6.07) is 0. The van der Waals surface area contributed by atoms with Crippen LogP contribution >= 0.6 is 12.2 Å². The van der Waals surface area contributed by atoms with Gasteiger partial charge in [0, 0.05) is 31.7 Å². The first kappa shape index (κ1) is 17.4. The Labute approximate surface area is 128 Å². The first-order valence-electron chi connectivity index (χ1n) is 7.53. The molecule has 0 aromatic heterocycles. The molecule has 1 aliphatic heterocycles. The minimum absolute atomic E-state index is 0.114. The highest BCUT2D eigenvalue weighted by molar-refractivity contribution is 7.80. The summed E-state index contributed by atoms with van der Waals surface area (Å²) in [6.07, 6.45) is 1.36. The monoisotopic (exact) mass is 299 g/mol. The Morgan fingerprint density at radius 2 is 1.55 bits per heavy atom. The van der Waals surface area contributed by atoms with Crippen molar-refractivity contribution in [1.29, 1.82) is 0 Å². The Kier molecular flexibility index (Phi) is 5.55. The number of rotatable bonds is 4. The molecule has 4 nitrogen and oxygen atoms in total. The van der Waals surface area contributed by atoms with Crippen molar-refractivity contribution in [2.45, 2.75) is 53.0 Å². The average molecular weight is 299 g/mol. The van der Waals surface area contributed by atoms with Gasteiger partial charge in [-0.25, -0.2) is 0 Å². The van der Waals surface area contributed by atoms with Crippen LogP contribution in [0.25, 0.3) is 0 Å². The lowest BCUT2D eigenvalue weighted by atomic mass is 9.80. The molecule has 0 atom stereocenters. The van der Waals surface area contributed by atoms with E-state index in [-0.39, 0.29) is 11.4 Å².